The maximum atomic E-state index is 11.2. The van der Waals surface area contributed by atoms with Crippen molar-refractivity contribution in [1.82, 2.24) is 0 Å². The quantitative estimate of drug-likeness (QED) is 0.830. The second-order valence-corrected chi connectivity index (χ2v) is 4.03. The molecule has 0 saturated carbocycles. The van der Waals surface area contributed by atoms with E-state index < -0.39 is 6.04 Å². The normalized spacial score (nSPS) is 11.8. The smallest absolute Gasteiger partial charge is 0.307 e. The minimum Gasteiger partial charge on any atom is -0.493 e. The average molecular weight is 274 g/mol. The third-order valence-electron chi connectivity index (χ3n) is 2.50. The third kappa shape index (κ3) is 3.27. The Morgan fingerprint density at radius 2 is 2.00 bits per heavy atom. The summed E-state index contributed by atoms with van der Waals surface area (Å²) >= 11 is 6.05. The summed E-state index contributed by atoms with van der Waals surface area (Å²) in [5.74, 6) is 0.530. The first-order chi connectivity index (χ1) is 8.53. The van der Waals surface area contributed by atoms with Gasteiger partial charge in [-0.3, -0.25) is 4.79 Å². The molecule has 0 amide bonds. The van der Waals surface area contributed by atoms with E-state index in [-0.39, 0.29) is 12.4 Å². The summed E-state index contributed by atoms with van der Waals surface area (Å²) in [5, 5.41) is 0.382. The Bertz CT molecular complexity index is 436. The second kappa shape index (κ2) is 6.47. The molecular weight excluding hydrogens is 258 g/mol. The zero-order chi connectivity index (χ0) is 13.7. The van der Waals surface area contributed by atoms with Crippen LogP contribution in [0.4, 0.5) is 0 Å². The van der Waals surface area contributed by atoms with Crippen LogP contribution in [-0.2, 0) is 9.53 Å². The van der Waals surface area contributed by atoms with E-state index in [1.807, 2.05) is 0 Å². The molecule has 5 nitrogen and oxygen atoms in total. The van der Waals surface area contributed by atoms with E-state index in [0.717, 1.165) is 0 Å². The van der Waals surface area contributed by atoms with Crippen molar-refractivity contribution >= 4 is 17.6 Å². The molecule has 0 bridgehead atoms. The van der Waals surface area contributed by atoms with Gasteiger partial charge in [-0.15, -0.1) is 0 Å². The van der Waals surface area contributed by atoms with Crippen LogP contribution >= 0.6 is 11.6 Å². The van der Waals surface area contributed by atoms with Crippen LogP contribution in [0.15, 0.2) is 12.1 Å². The van der Waals surface area contributed by atoms with Gasteiger partial charge in [-0.05, 0) is 17.7 Å². The number of benzene rings is 1. The van der Waals surface area contributed by atoms with Crippen LogP contribution < -0.4 is 15.2 Å². The summed E-state index contributed by atoms with van der Waals surface area (Å²) in [6.45, 7) is 0. The fourth-order valence-corrected chi connectivity index (χ4v) is 1.83. The molecule has 0 aliphatic heterocycles. The molecule has 0 unspecified atom stereocenters. The van der Waals surface area contributed by atoms with Gasteiger partial charge in [0.1, 0.15) is 0 Å². The van der Waals surface area contributed by atoms with E-state index in [0.29, 0.717) is 22.1 Å². The predicted octanol–water partition coefficient (Wildman–Crippen LogP) is 1.92. The Hall–Kier alpha value is -1.46. The lowest BCUT2D eigenvalue weighted by molar-refractivity contribution is -0.141. The molecule has 0 radical (unpaired) electrons. The van der Waals surface area contributed by atoms with E-state index in [2.05, 4.69) is 4.74 Å². The van der Waals surface area contributed by atoms with Crippen LogP contribution in [0.1, 0.15) is 18.0 Å². The Morgan fingerprint density at radius 3 is 2.50 bits per heavy atom. The second-order valence-electron chi connectivity index (χ2n) is 3.62. The average Bonchev–Trinajstić information content (AvgIpc) is 2.37. The number of rotatable bonds is 5. The fourth-order valence-electron chi connectivity index (χ4n) is 1.53. The molecule has 1 rings (SSSR count). The molecule has 1 aromatic rings. The summed E-state index contributed by atoms with van der Waals surface area (Å²) < 4.78 is 14.8. The third-order valence-corrected chi connectivity index (χ3v) is 2.78. The van der Waals surface area contributed by atoms with Crippen molar-refractivity contribution in [2.24, 2.45) is 5.73 Å². The molecule has 1 atom stereocenters. The first-order valence-electron chi connectivity index (χ1n) is 5.27. The molecule has 0 heterocycles. The number of carbonyl (C=O) groups excluding carboxylic acids is 1. The Labute approximate surface area is 111 Å². The highest BCUT2D eigenvalue weighted by Gasteiger charge is 2.17. The summed E-state index contributed by atoms with van der Waals surface area (Å²) in [7, 11) is 4.32. The van der Waals surface area contributed by atoms with Crippen molar-refractivity contribution in [3.05, 3.63) is 22.7 Å². The van der Waals surface area contributed by atoms with E-state index >= 15 is 0 Å². The SMILES string of the molecule is COC(=O)C[C@H](N)c1cc(Cl)c(OC)c(OC)c1. The largest absolute Gasteiger partial charge is 0.493 e. The number of methoxy groups -OCH3 is 3. The van der Waals surface area contributed by atoms with Crippen molar-refractivity contribution in [2.45, 2.75) is 12.5 Å². The van der Waals surface area contributed by atoms with Crippen LogP contribution in [0, 0.1) is 0 Å². The van der Waals surface area contributed by atoms with Crippen molar-refractivity contribution in [3.8, 4) is 11.5 Å². The molecule has 0 spiro atoms. The number of nitrogens with two attached hydrogens (primary N) is 1. The first kappa shape index (κ1) is 14.6. The molecule has 1 aromatic carbocycles. The Balaban J connectivity index is 3.03. The van der Waals surface area contributed by atoms with Crippen molar-refractivity contribution in [3.63, 3.8) is 0 Å². The van der Waals surface area contributed by atoms with Gasteiger partial charge in [0, 0.05) is 6.04 Å². The van der Waals surface area contributed by atoms with Gasteiger partial charge in [-0.1, -0.05) is 11.6 Å². The number of hydrogen-bond acceptors (Lipinski definition) is 5. The standard InChI is InChI=1S/C12H16ClNO4/c1-16-10-5-7(4-8(13)12(10)18-3)9(14)6-11(15)17-2/h4-5,9H,6,14H2,1-3H3/t9-/m0/s1. The molecule has 0 saturated heterocycles. The summed E-state index contributed by atoms with van der Waals surface area (Å²) in [6.07, 6.45) is 0.0717. The molecule has 2 N–H and O–H groups in total. The van der Waals surface area contributed by atoms with Crippen LogP contribution in [0.25, 0.3) is 0 Å². The summed E-state index contributed by atoms with van der Waals surface area (Å²) in [4.78, 5) is 11.2. The Morgan fingerprint density at radius 1 is 1.33 bits per heavy atom. The van der Waals surface area contributed by atoms with Gasteiger partial charge in [-0.25, -0.2) is 0 Å². The summed E-state index contributed by atoms with van der Waals surface area (Å²) in [6, 6.07) is 2.84. The van der Waals surface area contributed by atoms with Gasteiger partial charge in [0.2, 0.25) is 0 Å². The number of halogens is 1. The zero-order valence-corrected chi connectivity index (χ0v) is 11.3. The van der Waals surface area contributed by atoms with E-state index in [1.165, 1.54) is 21.3 Å². The topological polar surface area (TPSA) is 70.8 Å². The van der Waals surface area contributed by atoms with Crippen molar-refractivity contribution in [1.29, 1.82) is 0 Å². The fraction of sp³-hybridized carbons (Fsp3) is 0.417. The van der Waals surface area contributed by atoms with E-state index in [1.54, 1.807) is 12.1 Å². The van der Waals surface area contributed by atoms with Crippen LogP contribution in [0.5, 0.6) is 11.5 Å². The molecular formula is C12H16ClNO4. The maximum absolute atomic E-state index is 11.2. The van der Waals surface area contributed by atoms with Crippen LogP contribution in [0.2, 0.25) is 5.02 Å². The molecule has 18 heavy (non-hydrogen) atoms. The van der Waals surface area contributed by atoms with Gasteiger partial charge < -0.3 is 19.9 Å². The van der Waals surface area contributed by atoms with Gasteiger partial charge in [0.05, 0.1) is 32.8 Å². The number of carbonyl (C=O) groups is 1. The lowest BCUT2D eigenvalue weighted by Crippen LogP contribution is -2.16. The van der Waals surface area contributed by atoms with Gasteiger partial charge in [0.25, 0.3) is 0 Å². The molecule has 0 aliphatic rings. The Kier molecular flexibility index (Phi) is 5.25. The predicted molar refractivity (Wildman–Crippen MR) is 68.1 cm³/mol. The van der Waals surface area contributed by atoms with Crippen LogP contribution in [0.3, 0.4) is 0 Å². The van der Waals surface area contributed by atoms with Crippen molar-refractivity contribution in [2.75, 3.05) is 21.3 Å². The molecule has 0 aliphatic carbocycles. The first-order valence-corrected chi connectivity index (χ1v) is 5.65. The highest BCUT2D eigenvalue weighted by molar-refractivity contribution is 6.32. The maximum Gasteiger partial charge on any atom is 0.307 e. The number of ether oxygens (including phenoxy) is 3. The molecule has 0 fully saturated rings. The molecule has 6 heteroatoms. The van der Waals surface area contributed by atoms with E-state index in [4.69, 9.17) is 26.8 Å². The van der Waals surface area contributed by atoms with Crippen molar-refractivity contribution < 1.29 is 19.0 Å². The highest BCUT2D eigenvalue weighted by Crippen LogP contribution is 2.37. The zero-order valence-electron chi connectivity index (χ0n) is 10.5. The summed E-state index contributed by atoms with van der Waals surface area (Å²) in [5.41, 5.74) is 6.58. The number of hydrogen-bond donors (Lipinski definition) is 1. The lowest BCUT2D eigenvalue weighted by atomic mass is 10.0. The monoisotopic (exact) mass is 273 g/mol. The molecule has 100 valence electrons. The van der Waals surface area contributed by atoms with Crippen LogP contribution in [-0.4, -0.2) is 27.3 Å². The highest BCUT2D eigenvalue weighted by atomic mass is 35.5. The van der Waals surface area contributed by atoms with Gasteiger partial charge in [0.15, 0.2) is 11.5 Å². The lowest BCUT2D eigenvalue weighted by Gasteiger charge is -2.15. The van der Waals surface area contributed by atoms with E-state index in [9.17, 15) is 4.79 Å². The number of esters is 1. The molecule has 0 aromatic heterocycles. The minimum absolute atomic E-state index is 0.0717. The van der Waals surface area contributed by atoms with Gasteiger partial charge >= 0.3 is 5.97 Å². The van der Waals surface area contributed by atoms with Gasteiger partial charge in [-0.2, -0.15) is 0 Å². The minimum atomic E-state index is -0.505.